The maximum atomic E-state index is 11.7. The molecule has 2 rings (SSSR count). The van der Waals surface area contributed by atoms with Gasteiger partial charge in [0.25, 0.3) is 0 Å². The maximum Gasteiger partial charge on any atom is 0.315 e. The standard InChI is InChI=1S/C14H24N4O2/c1-3-11-8-13(20-17-11)10-16-14(19)15-9-12-6-5-7-18(12)4-2/h8,12H,3-7,9-10H2,1-2H3,(H2,15,16,19)/t12-/m0/s1. The van der Waals surface area contributed by atoms with Crippen LogP contribution in [0, 0.1) is 0 Å². The Morgan fingerprint density at radius 2 is 2.35 bits per heavy atom. The lowest BCUT2D eigenvalue weighted by Crippen LogP contribution is -2.43. The second-order valence-corrected chi connectivity index (χ2v) is 5.13. The summed E-state index contributed by atoms with van der Waals surface area (Å²) in [4.78, 5) is 14.1. The predicted molar refractivity (Wildman–Crippen MR) is 76.4 cm³/mol. The number of likely N-dealkylation sites (tertiary alicyclic amines) is 1. The summed E-state index contributed by atoms with van der Waals surface area (Å²) in [5.74, 6) is 0.688. The first-order valence-corrected chi connectivity index (χ1v) is 7.43. The molecule has 1 atom stereocenters. The van der Waals surface area contributed by atoms with Gasteiger partial charge in [0.05, 0.1) is 12.2 Å². The molecule has 1 aliphatic heterocycles. The molecule has 0 radical (unpaired) electrons. The van der Waals surface area contributed by atoms with E-state index >= 15 is 0 Å². The molecule has 6 nitrogen and oxygen atoms in total. The number of hydrogen-bond donors (Lipinski definition) is 2. The minimum atomic E-state index is -0.151. The maximum absolute atomic E-state index is 11.7. The summed E-state index contributed by atoms with van der Waals surface area (Å²) in [5, 5.41) is 9.61. The summed E-state index contributed by atoms with van der Waals surface area (Å²) in [6.45, 7) is 7.45. The van der Waals surface area contributed by atoms with Crippen molar-refractivity contribution in [2.75, 3.05) is 19.6 Å². The van der Waals surface area contributed by atoms with Crippen molar-refractivity contribution in [3.63, 3.8) is 0 Å². The van der Waals surface area contributed by atoms with Gasteiger partial charge in [-0.15, -0.1) is 0 Å². The highest BCUT2D eigenvalue weighted by atomic mass is 16.5. The fourth-order valence-corrected chi connectivity index (χ4v) is 2.59. The van der Waals surface area contributed by atoms with Gasteiger partial charge in [0, 0.05) is 18.7 Å². The molecule has 0 bridgehead atoms. The Labute approximate surface area is 119 Å². The van der Waals surface area contributed by atoms with E-state index in [9.17, 15) is 4.79 Å². The van der Waals surface area contributed by atoms with E-state index in [0.29, 0.717) is 24.9 Å². The van der Waals surface area contributed by atoms with Gasteiger partial charge in [0.15, 0.2) is 5.76 Å². The van der Waals surface area contributed by atoms with Crippen molar-refractivity contribution >= 4 is 6.03 Å². The zero-order valence-electron chi connectivity index (χ0n) is 12.3. The number of carbonyl (C=O) groups excluding carboxylic acids is 1. The summed E-state index contributed by atoms with van der Waals surface area (Å²) in [6.07, 6.45) is 3.22. The van der Waals surface area contributed by atoms with Crippen LogP contribution in [0.4, 0.5) is 4.79 Å². The molecule has 1 fully saturated rings. The topological polar surface area (TPSA) is 70.4 Å². The number of aryl methyl sites for hydroxylation is 1. The number of urea groups is 1. The highest BCUT2D eigenvalue weighted by Crippen LogP contribution is 2.15. The number of aromatic nitrogens is 1. The van der Waals surface area contributed by atoms with Crippen LogP contribution in [-0.2, 0) is 13.0 Å². The largest absolute Gasteiger partial charge is 0.359 e. The van der Waals surface area contributed by atoms with Crippen LogP contribution < -0.4 is 10.6 Å². The SMILES string of the molecule is CCc1cc(CNC(=O)NC[C@@H]2CCCN2CC)on1. The highest BCUT2D eigenvalue weighted by molar-refractivity contribution is 5.73. The molecule has 1 saturated heterocycles. The second kappa shape index (κ2) is 7.28. The van der Waals surface area contributed by atoms with Crippen molar-refractivity contribution in [2.24, 2.45) is 0 Å². The van der Waals surface area contributed by atoms with Crippen molar-refractivity contribution in [1.82, 2.24) is 20.7 Å². The highest BCUT2D eigenvalue weighted by Gasteiger charge is 2.22. The molecule has 0 spiro atoms. The first kappa shape index (κ1) is 14.8. The molecule has 2 amide bonds. The van der Waals surface area contributed by atoms with Crippen LogP contribution in [0.5, 0.6) is 0 Å². The lowest BCUT2D eigenvalue weighted by molar-refractivity contribution is 0.227. The van der Waals surface area contributed by atoms with E-state index in [2.05, 4.69) is 27.6 Å². The van der Waals surface area contributed by atoms with E-state index in [1.165, 1.54) is 6.42 Å². The Kier molecular flexibility index (Phi) is 5.40. The first-order chi connectivity index (χ1) is 9.72. The molecule has 2 N–H and O–H groups in total. The van der Waals surface area contributed by atoms with Gasteiger partial charge in [0.1, 0.15) is 0 Å². The average molecular weight is 280 g/mol. The minimum absolute atomic E-state index is 0.151. The van der Waals surface area contributed by atoms with Crippen molar-refractivity contribution in [3.8, 4) is 0 Å². The van der Waals surface area contributed by atoms with Crippen molar-refractivity contribution in [2.45, 2.75) is 45.7 Å². The van der Waals surface area contributed by atoms with Gasteiger partial charge in [-0.3, -0.25) is 4.90 Å². The molecule has 1 aromatic rings. The van der Waals surface area contributed by atoms with Crippen molar-refractivity contribution in [3.05, 3.63) is 17.5 Å². The zero-order valence-corrected chi connectivity index (χ0v) is 12.3. The molecule has 1 aromatic heterocycles. The Morgan fingerprint density at radius 3 is 3.05 bits per heavy atom. The second-order valence-electron chi connectivity index (χ2n) is 5.13. The van der Waals surface area contributed by atoms with Crippen LogP contribution in [0.2, 0.25) is 0 Å². The lowest BCUT2D eigenvalue weighted by atomic mass is 10.2. The van der Waals surface area contributed by atoms with E-state index in [4.69, 9.17) is 4.52 Å². The molecule has 2 heterocycles. The molecule has 20 heavy (non-hydrogen) atoms. The zero-order chi connectivity index (χ0) is 14.4. The van der Waals surface area contributed by atoms with E-state index in [0.717, 1.165) is 31.6 Å². The Bertz CT molecular complexity index is 433. The number of hydrogen-bond acceptors (Lipinski definition) is 4. The van der Waals surface area contributed by atoms with Crippen molar-refractivity contribution < 1.29 is 9.32 Å². The van der Waals surface area contributed by atoms with Gasteiger partial charge in [-0.1, -0.05) is 19.0 Å². The third-order valence-corrected chi connectivity index (χ3v) is 3.80. The summed E-state index contributed by atoms with van der Waals surface area (Å²) in [7, 11) is 0. The van der Waals surface area contributed by atoms with Gasteiger partial charge in [-0.25, -0.2) is 4.79 Å². The smallest absolute Gasteiger partial charge is 0.315 e. The van der Waals surface area contributed by atoms with Crippen molar-refractivity contribution in [1.29, 1.82) is 0 Å². The fraction of sp³-hybridized carbons (Fsp3) is 0.714. The number of likely N-dealkylation sites (N-methyl/N-ethyl adjacent to an activating group) is 1. The van der Waals surface area contributed by atoms with Crippen LogP contribution in [0.3, 0.4) is 0 Å². The molecule has 6 heteroatoms. The molecular formula is C14H24N4O2. The minimum Gasteiger partial charge on any atom is -0.359 e. The number of nitrogens with one attached hydrogen (secondary N) is 2. The molecule has 0 unspecified atom stereocenters. The molecule has 112 valence electrons. The molecule has 0 aliphatic carbocycles. The van der Waals surface area contributed by atoms with E-state index < -0.39 is 0 Å². The number of amides is 2. The van der Waals surface area contributed by atoms with Gasteiger partial charge in [-0.2, -0.15) is 0 Å². The summed E-state index contributed by atoms with van der Waals surface area (Å²) in [6, 6.07) is 2.20. The molecule has 0 aromatic carbocycles. The Hall–Kier alpha value is -1.56. The van der Waals surface area contributed by atoms with Gasteiger partial charge < -0.3 is 15.2 Å². The number of rotatable bonds is 6. The van der Waals surface area contributed by atoms with Crippen LogP contribution in [0.15, 0.2) is 10.6 Å². The monoisotopic (exact) mass is 280 g/mol. The predicted octanol–water partition coefficient (Wildman–Crippen LogP) is 1.52. The molecule has 0 saturated carbocycles. The molecular weight excluding hydrogens is 256 g/mol. The number of carbonyl (C=O) groups is 1. The first-order valence-electron chi connectivity index (χ1n) is 7.43. The van der Waals surface area contributed by atoms with Crippen LogP contribution in [0.1, 0.15) is 38.1 Å². The Morgan fingerprint density at radius 1 is 1.50 bits per heavy atom. The van der Waals surface area contributed by atoms with E-state index in [1.807, 2.05) is 13.0 Å². The van der Waals surface area contributed by atoms with Gasteiger partial charge in [0.2, 0.25) is 0 Å². The summed E-state index contributed by atoms with van der Waals surface area (Å²) < 4.78 is 5.12. The van der Waals surface area contributed by atoms with Crippen LogP contribution >= 0.6 is 0 Å². The third kappa shape index (κ3) is 3.96. The normalized spacial score (nSPS) is 19.2. The summed E-state index contributed by atoms with van der Waals surface area (Å²) in [5.41, 5.74) is 0.909. The molecule has 1 aliphatic rings. The lowest BCUT2D eigenvalue weighted by Gasteiger charge is -2.22. The fourth-order valence-electron chi connectivity index (χ4n) is 2.59. The van der Waals surface area contributed by atoms with E-state index in [-0.39, 0.29) is 6.03 Å². The quantitative estimate of drug-likeness (QED) is 0.829. The van der Waals surface area contributed by atoms with Crippen LogP contribution in [-0.4, -0.2) is 41.8 Å². The Balaban J connectivity index is 1.67. The third-order valence-electron chi connectivity index (χ3n) is 3.80. The summed E-state index contributed by atoms with van der Waals surface area (Å²) >= 11 is 0. The van der Waals surface area contributed by atoms with Gasteiger partial charge in [-0.05, 0) is 32.4 Å². The average Bonchev–Trinajstić information content (AvgIpc) is 3.11. The van der Waals surface area contributed by atoms with E-state index in [1.54, 1.807) is 0 Å². The number of nitrogens with zero attached hydrogens (tertiary/aromatic N) is 2. The van der Waals surface area contributed by atoms with Crippen LogP contribution in [0.25, 0.3) is 0 Å². The van der Waals surface area contributed by atoms with Gasteiger partial charge >= 0.3 is 6.03 Å².